The Balaban J connectivity index is 0.000000948. The molecule has 3 heterocycles. The van der Waals surface area contributed by atoms with E-state index in [-0.39, 0.29) is 0 Å². The maximum Gasteiger partial charge on any atom is 0.135 e. The maximum atomic E-state index is 6.41. The molecular weight excluding hydrogens is 695 g/mol. The highest BCUT2D eigenvalue weighted by atomic mass is 16.3. The molecule has 0 amide bonds. The molecule has 274 valence electrons. The van der Waals surface area contributed by atoms with Crippen LogP contribution >= 0.6 is 0 Å². The fourth-order valence-electron chi connectivity index (χ4n) is 8.57. The Bertz CT molecular complexity index is 3200. The van der Waals surface area contributed by atoms with Gasteiger partial charge in [0.2, 0.25) is 0 Å². The largest absolute Gasteiger partial charge is 0.456 e. The number of hydrogen-bond donors (Lipinski definition) is 0. The molecule has 1 aliphatic carbocycles. The molecule has 4 heteroatoms. The van der Waals surface area contributed by atoms with E-state index in [0.717, 1.165) is 45.4 Å². The number of nitrogens with zero attached hydrogens (tertiary/aromatic N) is 3. The van der Waals surface area contributed by atoms with Crippen LogP contribution in [0.2, 0.25) is 0 Å². The van der Waals surface area contributed by atoms with Gasteiger partial charge in [0.1, 0.15) is 11.2 Å². The number of furan rings is 1. The van der Waals surface area contributed by atoms with Gasteiger partial charge in [-0.3, -0.25) is 4.99 Å². The minimum absolute atomic E-state index is 0.894. The number of hydrogen-bond acceptors (Lipinski definition) is 2. The Hall–Kier alpha value is -7.17. The SMILES string of the molecule is C/C=C\C.CN=C/C=C\c1cc2ccccc2n1-c1ccc2c(c1)-c1cc(-c3ccc4oc5ccc(-n6c7ccccc7c7ccccc76)cc5c4c3)ccc1C2. The highest BCUT2D eigenvalue weighted by Crippen LogP contribution is 2.42. The monoisotopic (exact) mass is 735 g/mol. The van der Waals surface area contributed by atoms with Crippen LogP contribution < -0.4 is 0 Å². The van der Waals surface area contributed by atoms with Crippen LogP contribution in [-0.2, 0) is 6.42 Å². The van der Waals surface area contributed by atoms with Crippen LogP contribution in [0.4, 0.5) is 0 Å². The van der Waals surface area contributed by atoms with Gasteiger partial charge >= 0.3 is 0 Å². The van der Waals surface area contributed by atoms with Crippen molar-refractivity contribution < 1.29 is 4.42 Å². The van der Waals surface area contributed by atoms with Gasteiger partial charge in [0.25, 0.3) is 0 Å². The Morgan fingerprint density at radius 2 is 1.11 bits per heavy atom. The third kappa shape index (κ3) is 5.80. The van der Waals surface area contributed by atoms with E-state index in [4.69, 9.17) is 4.42 Å². The number of aromatic nitrogens is 2. The number of fused-ring (bicyclic) bond motifs is 10. The van der Waals surface area contributed by atoms with Crippen molar-refractivity contribution in [3.05, 3.63) is 187 Å². The average molecular weight is 736 g/mol. The second-order valence-electron chi connectivity index (χ2n) is 14.6. The van der Waals surface area contributed by atoms with Gasteiger partial charge < -0.3 is 13.6 Å². The first-order valence-corrected chi connectivity index (χ1v) is 19.6. The second kappa shape index (κ2) is 14.2. The van der Waals surface area contributed by atoms with Gasteiger partial charge in [0.15, 0.2) is 0 Å². The second-order valence-corrected chi connectivity index (χ2v) is 14.6. The molecule has 11 rings (SSSR count). The Kier molecular flexibility index (Phi) is 8.53. The Morgan fingerprint density at radius 1 is 0.526 bits per heavy atom. The molecule has 57 heavy (non-hydrogen) atoms. The smallest absolute Gasteiger partial charge is 0.135 e. The van der Waals surface area contributed by atoms with Crippen molar-refractivity contribution in [3.8, 4) is 33.6 Å². The van der Waals surface area contributed by atoms with Crippen LogP contribution in [-0.4, -0.2) is 22.4 Å². The van der Waals surface area contributed by atoms with Crippen LogP contribution in [0.5, 0.6) is 0 Å². The predicted octanol–water partition coefficient (Wildman–Crippen LogP) is 14.2. The number of aliphatic imine (C=N–C) groups is 1. The summed E-state index contributed by atoms with van der Waals surface area (Å²) in [5.74, 6) is 0. The molecule has 0 aliphatic heterocycles. The number of rotatable bonds is 5. The number of benzene rings is 7. The van der Waals surface area contributed by atoms with E-state index in [1.54, 1.807) is 7.05 Å². The first kappa shape index (κ1) is 34.3. The lowest BCUT2D eigenvalue weighted by molar-refractivity contribution is 0.669. The summed E-state index contributed by atoms with van der Waals surface area (Å²) in [4.78, 5) is 4.15. The van der Waals surface area contributed by atoms with Crippen LogP contribution in [0.3, 0.4) is 0 Å². The quantitative estimate of drug-likeness (QED) is 0.128. The molecule has 0 atom stereocenters. The molecule has 1 aliphatic rings. The van der Waals surface area contributed by atoms with E-state index in [0.29, 0.717) is 0 Å². The van der Waals surface area contributed by atoms with Crippen molar-refractivity contribution in [1.29, 1.82) is 0 Å². The van der Waals surface area contributed by atoms with E-state index in [1.165, 1.54) is 66.1 Å². The Morgan fingerprint density at radius 3 is 1.84 bits per heavy atom. The lowest BCUT2D eigenvalue weighted by Gasteiger charge is -2.12. The highest BCUT2D eigenvalue weighted by Gasteiger charge is 2.21. The maximum absolute atomic E-state index is 6.41. The summed E-state index contributed by atoms with van der Waals surface area (Å²) in [5.41, 5.74) is 16.5. The van der Waals surface area contributed by atoms with Crippen molar-refractivity contribution in [2.24, 2.45) is 4.99 Å². The van der Waals surface area contributed by atoms with Gasteiger partial charge in [0.05, 0.1) is 16.6 Å². The van der Waals surface area contributed by atoms with E-state index >= 15 is 0 Å². The minimum atomic E-state index is 0.894. The zero-order valence-corrected chi connectivity index (χ0v) is 32.3. The van der Waals surface area contributed by atoms with Gasteiger partial charge in [0, 0.05) is 57.3 Å². The van der Waals surface area contributed by atoms with E-state index < -0.39 is 0 Å². The summed E-state index contributed by atoms with van der Waals surface area (Å²) in [5, 5.41) is 5.97. The molecule has 0 saturated carbocycles. The molecule has 0 spiro atoms. The van der Waals surface area contributed by atoms with Crippen LogP contribution in [0.15, 0.2) is 179 Å². The molecule has 10 aromatic rings. The molecular formula is C53H41N3O. The van der Waals surface area contributed by atoms with Gasteiger partial charge in [-0.1, -0.05) is 91.0 Å². The third-order valence-electron chi connectivity index (χ3n) is 11.3. The molecule has 4 nitrogen and oxygen atoms in total. The van der Waals surface area contributed by atoms with Gasteiger partial charge in [-0.05, 0) is 139 Å². The molecule has 7 aromatic carbocycles. The molecule has 0 N–H and O–H groups in total. The number of allylic oxidation sites excluding steroid dienone is 3. The molecule has 0 fully saturated rings. The van der Waals surface area contributed by atoms with Crippen LogP contribution in [0, 0.1) is 0 Å². The minimum Gasteiger partial charge on any atom is -0.456 e. The van der Waals surface area contributed by atoms with E-state index in [2.05, 4.69) is 172 Å². The van der Waals surface area contributed by atoms with Gasteiger partial charge in [-0.25, -0.2) is 0 Å². The third-order valence-corrected chi connectivity index (χ3v) is 11.3. The fourth-order valence-corrected chi connectivity index (χ4v) is 8.57. The summed E-state index contributed by atoms with van der Waals surface area (Å²) in [6.07, 6.45) is 10.9. The zero-order chi connectivity index (χ0) is 38.5. The Labute approximate surface area is 332 Å². The van der Waals surface area contributed by atoms with E-state index in [1.807, 2.05) is 38.3 Å². The summed E-state index contributed by atoms with van der Waals surface area (Å²) in [6, 6.07) is 55.2. The van der Waals surface area contributed by atoms with Crippen molar-refractivity contribution in [3.63, 3.8) is 0 Å². The molecule has 0 unspecified atom stereocenters. The van der Waals surface area contributed by atoms with Crippen molar-refractivity contribution in [2.75, 3.05) is 7.05 Å². The highest BCUT2D eigenvalue weighted by molar-refractivity contribution is 6.11. The molecule has 0 bridgehead atoms. The summed E-state index contributed by atoms with van der Waals surface area (Å²) >= 11 is 0. The molecule has 0 radical (unpaired) electrons. The predicted molar refractivity (Wildman–Crippen MR) is 243 cm³/mol. The van der Waals surface area contributed by atoms with Gasteiger partial charge in [-0.2, -0.15) is 0 Å². The summed E-state index contributed by atoms with van der Waals surface area (Å²) < 4.78 is 11.1. The first-order valence-electron chi connectivity index (χ1n) is 19.6. The summed E-state index contributed by atoms with van der Waals surface area (Å²) in [7, 11) is 1.80. The summed E-state index contributed by atoms with van der Waals surface area (Å²) in [6.45, 7) is 4.00. The van der Waals surface area contributed by atoms with Crippen molar-refractivity contribution in [1.82, 2.24) is 9.13 Å². The normalized spacial score (nSPS) is 12.5. The van der Waals surface area contributed by atoms with E-state index in [9.17, 15) is 0 Å². The van der Waals surface area contributed by atoms with Crippen LogP contribution in [0.1, 0.15) is 30.7 Å². The fraction of sp³-hybridized carbons (Fsp3) is 0.0755. The topological polar surface area (TPSA) is 35.4 Å². The van der Waals surface area contributed by atoms with Crippen molar-refractivity contribution >= 4 is 66.9 Å². The van der Waals surface area contributed by atoms with Gasteiger partial charge in [-0.15, -0.1) is 0 Å². The molecule has 0 saturated heterocycles. The van der Waals surface area contributed by atoms with Crippen molar-refractivity contribution in [2.45, 2.75) is 20.3 Å². The zero-order valence-electron chi connectivity index (χ0n) is 32.3. The first-order chi connectivity index (χ1) is 28.1. The lowest BCUT2D eigenvalue weighted by atomic mass is 9.97. The average Bonchev–Trinajstić information content (AvgIpc) is 4.01. The standard InChI is InChI=1S/C49H33N3O.C4H8/c1-50-24-8-10-36-26-35-9-2-5-13-45(35)51(36)37-20-18-34-25-33-17-16-31(27-41(33)42(34)29-37)32-19-22-48-43(28-32)44-30-38(21-23-49(44)53-48)52-46-14-6-3-11-39(46)40-12-4-7-15-47(40)52;1-3-4-2/h2-24,26-30H,25H2,1H3;3-4H,1-2H3/b10-8-,50-24?;4-3-. The van der Waals surface area contributed by atoms with Crippen LogP contribution in [0.25, 0.3) is 94.4 Å². The lowest BCUT2D eigenvalue weighted by Crippen LogP contribution is -1.97. The molecule has 3 aromatic heterocycles. The number of para-hydroxylation sites is 3.